The number of aromatic nitrogens is 3. The third-order valence-electron chi connectivity index (χ3n) is 3.57. The third-order valence-corrected chi connectivity index (χ3v) is 3.57. The van der Waals surface area contributed by atoms with Gasteiger partial charge in [-0.1, -0.05) is 36.4 Å². The number of halogens is 1. The Morgan fingerprint density at radius 1 is 1.21 bits per heavy atom. The van der Waals surface area contributed by atoms with Crippen LogP contribution >= 0.6 is 0 Å². The van der Waals surface area contributed by atoms with E-state index in [-0.39, 0.29) is 18.1 Å². The fourth-order valence-corrected chi connectivity index (χ4v) is 2.30. The molecule has 0 unspecified atom stereocenters. The van der Waals surface area contributed by atoms with E-state index in [1.807, 2.05) is 30.3 Å². The summed E-state index contributed by atoms with van der Waals surface area (Å²) < 4.78 is 13.5. The zero-order valence-electron chi connectivity index (χ0n) is 13.2. The monoisotopic (exact) mass is 324 g/mol. The van der Waals surface area contributed by atoms with Crippen LogP contribution in [0.5, 0.6) is 0 Å². The quantitative estimate of drug-likeness (QED) is 0.758. The van der Waals surface area contributed by atoms with Crippen molar-refractivity contribution in [3.8, 4) is 0 Å². The molecule has 24 heavy (non-hydrogen) atoms. The van der Waals surface area contributed by atoms with Crippen LogP contribution in [0.2, 0.25) is 0 Å². The molecule has 6 heteroatoms. The zero-order chi connectivity index (χ0) is 16.9. The van der Waals surface area contributed by atoms with Crippen molar-refractivity contribution >= 4 is 11.6 Å². The summed E-state index contributed by atoms with van der Waals surface area (Å²) >= 11 is 0. The molecule has 5 nitrogen and oxygen atoms in total. The number of anilines is 1. The molecular weight excluding hydrogens is 307 g/mol. The van der Waals surface area contributed by atoms with Crippen LogP contribution in [0.4, 0.5) is 10.1 Å². The van der Waals surface area contributed by atoms with Crippen molar-refractivity contribution in [2.24, 2.45) is 0 Å². The Kier molecular flexibility index (Phi) is 4.65. The van der Waals surface area contributed by atoms with E-state index in [2.05, 4.69) is 20.5 Å². The van der Waals surface area contributed by atoms with Gasteiger partial charge < -0.3 is 5.32 Å². The largest absolute Gasteiger partial charge is 0.326 e. The van der Waals surface area contributed by atoms with Crippen LogP contribution in [-0.2, 0) is 17.6 Å². The van der Waals surface area contributed by atoms with Crippen LogP contribution in [0.3, 0.4) is 0 Å². The summed E-state index contributed by atoms with van der Waals surface area (Å²) in [5, 5.41) is 9.54. The summed E-state index contributed by atoms with van der Waals surface area (Å²) in [4.78, 5) is 16.3. The first kappa shape index (κ1) is 15.9. The van der Waals surface area contributed by atoms with Gasteiger partial charge in [-0.3, -0.25) is 9.89 Å². The van der Waals surface area contributed by atoms with Gasteiger partial charge in [-0.05, 0) is 30.2 Å². The Labute approximate surface area is 138 Å². The van der Waals surface area contributed by atoms with Crippen molar-refractivity contribution in [1.82, 2.24) is 15.2 Å². The highest BCUT2D eigenvalue weighted by molar-refractivity contribution is 5.91. The normalized spacial score (nSPS) is 10.6. The molecule has 1 aromatic heterocycles. The smallest absolute Gasteiger partial charge is 0.232 e. The number of aryl methyl sites for hydroxylation is 1. The topological polar surface area (TPSA) is 70.7 Å². The summed E-state index contributed by atoms with van der Waals surface area (Å²) in [5.74, 6) is 0.468. The Bertz CT molecular complexity index is 845. The second-order valence-electron chi connectivity index (χ2n) is 5.55. The summed E-state index contributed by atoms with van der Waals surface area (Å²) in [5.41, 5.74) is 2.07. The minimum Gasteiger partial charge on any atom is -0.326 e. The van der Waals surface area contributed by atoms with Crippen molar-refractivity contribution in [3.05, 3.63) is 77.1 Å². The highest BCUT2D eigenvalue weighted by Crippen LogP contribution is 2.14. The van der Waals surface area contributed by atoms with Crippen molar-refractivity contribution in [2.45, 2.75) is 19.8 Å². The minimum atomic E-state index is -0.351. The van der Waals surface area contributed by atoms with Gasteiger partial charge in [-0.15, -0.1) is 0 Å². The summed E-state index contributed by atoms with van der Waals surface area (Å²) in [6, 6.07) is 14.5. The lowest BCUT2D eigenvalue weighted by atomic mass is 10.1. The lowest BCUT2D eigenvalue weighted by Gasteiger charge is -2.04. The molecule has 0 radical (unpaired) electrons. The van der Waals surface area contributed by atoms with E-state index in [0.29, 0.717) is 29.3 Å². The first-order chi connectivity index (χ1) is 11.6. The highest BCUT2D eigenvalue weighted by Gasteiger charge is 2.10. The molecule has 122 valence electrons. The maximum Gasteiger partial charge on any atom is 0.232 e. The second kappa shape index (κ2) is 7.04. The number of benzene rings is 2. The lowest BCUT2D eigenvalue weighted by molar-refractivity contribution is -0.115. The Balaban J connectivity index is 1.59. The SMILES string of the molecule is Cc1ccc(NC(=O)Cc2n[nH]c(Cc3ccccc3)n2)cc1F. The number of nitrogens with one attached hydrogen (secondary N) is 2. The van der Waals surface area contributed by atoms with E-state index in [1.165, 1.54) is 6.07 Å². The Morgan fingerprint density at radius 2 is 2.00 bits per heavy atom. The number of carbonyl (C=O) groups excluding carboxylic acids is 1. The first-order valence-electron chi connectivity index (χ1n) is 7.60. The molecule has 3 aromatic rings. The summed E-state index contributed by atoms with van der Waals surface area (Å²) in [6.45, 7) is 1.67. The van der Waals surface area contributed by atoms with Gasteiger partial charge in [0.2, 0.25) is 5.91 Å². The van der Waals surface area contributed by atoms with Crippen LogP contribution in [0.15, 0.2) is 48.5 Å². The maximum absolute atomic E-state index is 13.5. The molecule has 1 heterocycles. The molecule has 0 aliphatic heterocycles. The number of carbonyl (C=O) groups is 1. The highest BCUT2D eigenvalue weighted by atomic mass is 19.1. The predicted molar refractivity (Wildman–Crippen MR) is 89.1 cm³/mol. The molecule has 0 saturated carbocycles. The fraction of sp³-hybridized carbons (Fsp3) is 0.167. The second-order valence-corrected chi connectivity index (χ2v) is 5.55. The number of rotatable bonds is 5. The van der Waals surface area contributed by atoms with E-state index < -0.39 is 0 Å². The van der Waals surface area contributed by atoms with Gasteiger partial charge in [0.1, 0.15) is 11.6 Å². The molecule has 2 N–H and O–H groups in total. The molecule has 1 amide bonds. The average Bonchev–Trinajstić information content (AvgIpc) is 2.99. The molecule has 0 saturated heterocycles. The molecular formula is C18H17FN4O. The van der Waals surface area contributed by atoms with Gasteiger partial charge in [0.25, 0.3) is 0 Å². The number of amides is 1. The Morgan fingerprint density at radius 3 is 2.75 bits per heavy atom. The third kappa shape index (κ3) is 4.04. The molecule has 0 atom stereocenters. The van der Waals surface area contributed by atoms with Gasteiger partial charge in [0, 0.05) is 12.1 Å². The van der Waals surface area contributed by atoms with E-state index >= 15 is 0 Å². The van der Waals surface area contributed by atoms with Crippen LogP contribution in [-0.4, -0.2) is 21.1 Å². The number of H-pyrrole nitrogens is 1. The molecule has 0 fully saturated rings. The van der Waals surface area contributed by atoms with Gasteiger partial charge >= 0.3 is 0 Å². The summed E-state index contributed by atoms with van der Waals surface area (Å²) in [7, 11) is 0. The fourth-order valence-electron chi connectivity index (χ4n) is 2.30. The lowest BCUT2D eigenvalue weighted by Crippen LogP contribution is -2.15. The van der Waals surface area contributed by atoms with E-state index in [9.17, 15) is 9.18 Å². The van der Waals surface area contributed by atoms with Crippen LogP contribution in [0.1, 0.15) is 22.8 Å². The number of nitrogens with zero attached hydrogens (tertiary/aromatic N) is 2. The van der Waals surface area contributed by atoms with Gasteiger partial charge in [-0.25, -0.2) is 9.37 Å². The van der Waals surface area contributed by atoms with Crippen molar-refractivity contribution in [3.63, 3.8) is 0 Å². The van der Waals surface area contributed by atoms with Crippen LogP contribution in [0, 0.1) is 12.7 Å². The maximum atomic E-state index is 13.5. The van der Waals surface area contributed by atoms with Crippen molar-refractivity contribution in [2.75, 3.05) is 5.32 Å². The molecule has 0 aliphatic rings. The average molecular weight is 324 g/mol. The first-order valence-corrected chi connectivity index (χ1v) is 7.60. The van der Waals surface area contributed by atoms with Crippen molar-refractivity contribution in [1.29, 1.82) is 0 Å². The number of hydrogen-bond acceptors (Lipinski definition) is 3. The minimum absolute atomic E-state index is 0.0286. The number of aromatic amines is 1. The Hall–Kier alpha value is -3.02. The van der Waals surface area contributed by atoms with Gasteiger partial charge in [0.05, 0.1) is 6.42 Å². The van der Waals surface area contributed by atoms with Gasteiger partial charge in [-0.2, -0.15) is 5.10 Å². The molecule has 0 spiro atoms. The molecule has 3 rings (SSSR count). The van der Waals surface area contributed by atoms with E-state index in [1.54, 1.807) is 19.1 Å². The van der Waals surface area contributed by atoms with E-state index in [0.717, 1.165) is 5.56 Å². The molecule has 2 aromatic carbocycles. The van der Waals surface area contributed by atoms with Crippen LogP contribution < -0.4 is 5.32 Å². The predicted octanol–water partition coefficient (Wildman–Crippen LogP) is 3.02. The van der Waals surface area contributed by atoms with Crippen molar-refractivity contribution < 1.29 is 9.18 Å². The van der Waals surface area contributed by atoms with E-state index in [4.69, 9.17) is 0 Å². The van der Waals surface area contributed by atoms with Crippen LogP contribution in [0.25, 0.3) is 0 Å². The molecule has 0 aliphatic carbocycles. The number of hydrogen-bond donors (Lipinski definition) is 2. The summed E-state index contributed by atoms with van der Waals surface area (Å²) in [6.07, 6.45) is 0.652. The zero-order valence-corrected chi connectivity index (χ0v) is 13.2. The standard InChI is InChI=1S/C18H17FN4O/c1-12-7-8-14(10-15(12)19)20-18(24)11-17-21-16(22-23-17)9-13-5-3-2-4-6-13/h2-8,10H,9,11H2,1H3,(H,20,24)(H,21,22,23). The van der Waals surface area contributed by atoms with Gasteiger partial charge in [0.15, 0.2) is 5.82 Å². The molecule has 0 bridgehead atoms.